The van der Waals surface area contributed by atoms with Gasteiger partial charge in [-0.05, 0) is 29.8 Å². The van der Waals surface area contributed by atoms with Crippen LogP contribution in [0.15, 0.2) is 72.8 Å². The summed E-state index contributed by atoms with van der Waals surface area (Å²) >= 11 is 12.4. The van der Waals surface area contributed by atoms with Crippen LogP contribution in [0, 0.1) is 11.8 Å². The van der Waals surface area contributed by atoms with Crippen molar-refractivity contribution in [3.05, 3.63) is 99.5 Å². The Hall–Kier alpha value is -3.32. The number of amides is 2. The summed E-state index contributed by atoms with van der Waals surface area (Å²) in [5, 5.41) is 0.675. The van der Waals surface area contributed by atoms with Crippen molar-refractivity contribution in [2.45, 2.75) is 11.7 Å². The van der Waals surface area contributed by atoms with Gasteiger partial charge in [0.15, 0.2) is 0 Å². The van der Waals surface area contributed by atoms with Crippen LogP contribution in [0.1, 0.15) is 32.4 Å². The summed E-state index contributed by atoms with van der Waals surface area (Å²) in [4.78, 5) is 55.9. The maximum Gasteiger partial charge on any atom is 0.241 e. The van der Waals surface area contributed by atoms with Crippen molar-refractivity contribution in [3.63, 3.8) is 0 Å². The molecular weight excluding hydrogens is 477 g/mol. The molecule has 0 radical (unpaired) electrons. The fourth-order valence-corrected chi connectivity index (χ4v) is 5.69. The van der Waals surface area contributed by atoms with E-state index in [9.17, 15) is 19.2 Å². The van der Waals surface area contributed by atoms with Crippen molar-refractivity contribution in [2.75, 3.05) is 4.90 Å². The smallest absolute Gasteiger partial charge is 0.241 e. The molecule has 0 aromatic heterocycles. The standard InChI is InChI=1S/C26H15Cl2NO5/c27-14-11-9-13(10-12-14)21-19-20(25(33)29(24(19)32)18-8-4-3-7-17(18)28)26(34-21)22(30)15-5-1-2-6-16(15)23(26)31/h1-12,19-21H/t19-,20+,21+/m1/s1. The topological polar surface area (TPSA) is 80.8 Å². The zero-order chi connectivity index (χ0) is 23.8. The van der Waals surface area contributed by atoms with Gasteiger partial charge in [-0.3, -0.25) is 19.2 Å². The van der Waals surface area contributed by atoms with Crippen molar-refractivity contribution < 1.29 is 23.9 Å². The van der Waals surface area contributed by atoms with Crippen molar-refractivity contribution in [3.8, 4) is 0 Å². The Morgan fingerprint density at radius 3 is 1.94 bits per heavy atom. The quantitative estimate of drug-likeness (QED) is 0.383. The molecule has 0 saturated carbocycles. The van der Waals surface area contributed by atoms with Crippen LogP contribution >= 0.6 is 23.2 Å². The van der Waals surface area contributed by atoms with E-state index in [0.717, 1.165) is 4.90 Å². The number of halogens is 2. The van der Waals surface area contributed by atoms with Crippen molar-refractivity contribution in [1.82, 2.24) is 0 Å². The molecule has 34 heavy (non-hydrogen) atoms. The monoisotopic (exact) mass is 491 g/mol. The van der Waals surface area contributed by atoms with Crippen LogP contribution in [0.25, 0.3) is 0 Å². The third-order valence-corrected chi connectivity index (χ3v) is 7.38. The number of ether oxygens (including phenoxy) is 1. The highest BCUT2D eigenvalue weighted by Gasteiger charge is 2.74. The highest BCUT2D eigenvalue weighted by Crippen LogP contribution is 2.58. The Morgan fingerprint density at radius 1 is 0.735 bits per heavy atom. The lowest BCUT2D eigenvalue weighted by Crippen LogP contribution is -2.51. The number of nitrogens with zero attached hydrogens (tertiary/aromatic N) is 1. The summed E-state index contributed by atoms with van der Waals surface area (Å²) in [5.41, 5.74) is -1.02. The summed E-state index contributed by atoms with van der Waals surface area (Å²) < 4.78 is 6.22. The second kappa shape index (κ2) is 7.34. The Labute approximate surface area is 204 Å². The Kier molecular flexibility index (Phi) is 4.58. The van der Waals surface area contributed by atoms with Crippen LogP contribution in [0.3, 0.4) is 0 Å². The van der Waals surface area contributed by atoms with Gasteiger partial charge < -0.3 is 4.74 Å². The van der Waals surface area contributed by atoms with Gasteiger partial charge in [-0.15, -0.1) is 0 Å². The summed E-state index contributed by atoms with van der Waals surface area (Å²) in [7, 11) is 0. The molecule has 168 valence electrons. The van der Waals surface area contributed by atoms with Crippen molar-refractivity contribution in [1.29, 1.82) is 0 Å². The largest absolute Gasteiger partial charge is 0.349 e. The third kappa shape index (κ3) is 2.61. The minimum absolute atomic E-state index is 0.180. The molecule has 3 aliphatic rings. The van der Waals surface area contributed by atoms with E-state index >= 15 is 0 Å². The van der Waals surface area contributed by atoms with Crippen LogP contribution in [-0.2, 0) is 14.3 Å². The minimum Gasteiger partial charge on any atom is -0.349 e. The molecule has 3 aromatic rings. The molecule has 3 aromatic carbocycles. The lowest BCUT2D eigenvalue weighted by Gasteiger charge is -2.27. The number of Topliss-reactive ketones (excluding diaryl/α,β-unsaturated/α-hetero) is 2. The molecule has 0 unspecified atom stereocenters. The average Bonchev–Trinajstić information content (AvgIpc) is 3.40. The van der Waals surface area contributed by atoms with Gasteiger partial charge >= 0.3 is 0 Å². The number of carbonyl (C=O) groups is 4. The van der Waals surface area contributed by atoms with E-state index in [0.29, 0.717) is 10.6 Å². The van der Waals surface area contributed by atoms with Crippen LogP contribution in [-0.4, -0.2) is 29.0 Å². The van der Waals surface area contributed by atoms with Gasteiger partial charge in [-0.2, -0.15) is 0 Å². The fourth-order valence-electron chi connectivity index (χ4n) is 5.34. The van der Waals surface area contributed by atoms with Gasteiger partial charge in [0, 0.05) is 16.1 Å². The van der Waals surface area contributed by atoms with Gasteiger partial charge in [-0.1, -0.05) is 71.7 Å². The van der Waals surface area contributed by atoms with Crippen LogP contribution in [0.2, 0.25) is 10.0 Å². The molecule has 3 atom stereocenters. The first-order chi connectivity index (χ1) is 16.4. The zero-order valence-electron chi connectivity index (χ0n) is 17.4. The van der Waals surface area contributed by atoms with Gasteiger partial charge in [0.2, 0.25) is 29.0 Å². The molecule has 6 rings (SSSR count). The van der Waals surface area contributed by atoms with E-state index in [4.69, 9.17) is 27.9 Å². The molecule has 2 amide bonds. The molecule has 1 spiro atoms. The second-order valence-electron chi connectivity index (χ2n) is 8.50. The Morgan fingerprint density at radius 2 is 1.32 bits per heavy atom. The van der Waals surface area contributed by atoms with Gasteiger partial charge in [0.05, 0.1) is 28.6 Å². The Balaban J connectivity index is 1.56. The summed E-state index contributed by atoms with van der Waals surface area (Å²) in [6.45, 7) is 0. The predicted octanol–water partition coefficient (Wildman–Crippen LogP) is 4.69. The molecule has 0 N–H and O–H groups in total. The first-order valence-corrected chi connectivity index (χ1v) is 11.4. The Bertz CT molecular complexity index is 1380. The zero-order valence-corrected chi connectivity index (χ0v) is 18.9. The van der Waals surface area contributed by atoms with Crippen LogP contribution in [0.5, 0.6) is 0 Å². The number of imide groups is 1. The maximum absolute atomic E-state index is 13.8. The third-order valence-electron chi connectivity index (χ3n) is 6.81. The normalized spacial score (nSPS) is 24.8. The number of hydrogen-bond donors (Lipinski definition) is 0. The van der Waals surface area contributed by atoms with E-state index in [2.05, 4.69) is 0 Å². The lowest BCUT2D eigenvalue weighted by molar-refractivity contribution is -0.127. The molecular formula is C26H15Cl2NO5. The first-order valence-electron chi connectivity index (χ1n) is 10.6. The van der Waals surface area contributed by atoms with Crippen LogP contribution in [0.4, 0.5) is 5.69 Å². The van der Waals surface area contributed by atoms with Crippen molar-refractivity contribution >= 4 is 52.3 Å². The van der Waals surface area contributed by atoms with E-state index in [1.54, 1.807) is 60.7 Å². The molecule has 2 saturated heterocycles. The average molecular weight is 492 g/mol. The van der Waals surface area contributed by atoms with E-state index in [1.165, 1.54) is 12.1 Å². The summed E-state index contributed by atoms with van der Waals surface area (Å²) in [6, 6.07) is 19.4. The minimum atomic E-state index is -2.12. The number of para-hydroxylation sites is 1. The first kappa shape index (κ1) is 21.2. The number of carbonyl (C=O) groups excluding carboxylic acids is 4. The molecule has 8 heteroatoms. The fraction of sp³-hybridized carbons (Fsp3) is 0.154. The number of anilines is 1. The lowest BCUT2D eigenvalue weighted by atomic mass is 9.77. The molecule has 0 bridgehead atoms. The number of hydrogen-bond acceptors (Lipinski definition) is 5. The van der Waals surface area contributed by atoms with E-state index < -0.39 is 46.9 Å². The molecule has 1 aliphatic carbocycles. The second-order valence-corrected chi connectivity index (χ2v) is 9.34. The predicted molar refractivity (Wildman–Crippen MR) is 124 cm³/mol. The number of ketones is 2. The van der Waals surface area contributed by atoms with E-state index in [1.807, 2.05) is 0 Å². The molecule has 2 heterocycles. The number of rotatable bonds is 2. The maximum atomic E-state index is 13.8. The molecule has 2 fully saturated rings. The summed E-state index contributed by atoms with van der Waals surface area (Å²) in [6.07, 6.45) is -1.01. The van der Waals surface area contributed by atoms with E-state index in [-0.39, 0.29) is 21.8 Å². The van der Waals surface area contributed by atoms with Gasteiger partial charge in [-0.25, -0.2) is 4.90 Å². The van der Waals surface area contributed by atoms with Gasteiger partial charge in [0.25, 0.3) is 0 Å². The van der Waals surface area contributed by atoms with Crippen LogP contribution < -0.4 is 4.90 Å². The SMILES string of the molecule is O=C1[C@@H]2[C@@H](C(=O)N1c1ccccc1Cl)C1(O[C@H]2c2ccc(Cl)cc2)C(=O)c2ccccc2C1=O. The highest BCUT2D eigenvalue weighted by molar-refractivity contribution is 6.39. The number of fused-ring (bicyclic) bond motifs is 3. The molecule has 6 nitrogen and oxygen atoms in total. The number of benzene rings is 3. The molecule has 2 aliphatic heterocycles. The highest BCUT2D eigenvalue weighted by atomic mass is 35.5. The summed E-state index contributed by atoms with van der Waals surface area (Å²) in [5.74, 6) is -4.90. The van der Waals surface area contributed by atoms with Gasteiger partial charge in [0.1, 0.15) is 0 Å². The van der Waals surface area contributed by atoms with Crippen molar-refractivity contribution in [2.24, 2.45) is 11.8 Å².